The number of hydrogen-bond acceptors (Lipinski definition) is 5. The number of benzene rings is 1. The third-order valence-corrected chi connectivity index (χ3v) is 6.72. The maximum absolute atomic E-state index is 14.5. The number of nitrogens with one attached hydrogen (secondary N) is 1. The van der Waals surface area contributed by atoms with Crippen LogP contribution in [0.25, 0.3) is 0 Å². The van der Waals surface area contributed by atoms with Crippen LogP contribution in [0.2, 0.25) is 5.02 Å². The standard InChI is InChI=1S/C18H19ClFN3O3S2/c19-12-5-6-14(13(20)7-12)23(9-11-3-1-2-4-11)18(26)22-17-21-8-16(28-17)27-10-15(24)25/h5-8,11H,1-4,9-10H2,(H,24,25)(H,21,22,26). The summed E-state index contributed by atoms with van der Waals surface area (Å²) in [7, 11) is 0. The van der Waals surface area contributed by atoms with Gasteiger partial charge in [-0.15, -0.1) is 11.8 Å². The van der Waals surface area contributed by atoms with Crippen LogP contribution in [-0.4, -0.2) is 34.4 Å². The number of carbonyl (C=O) groups is 2. The zero-order valence-corrected chi connectivity index (χ0v) is 17.2. The summed E-state index contributed by atoms with van der Waals surface area (Å²) in [5, 5.41) is 12.1. The van der Waals surface area contributed by atoms with Crippen molar-refractivity contribution in [3.63, 3.8) is 0 Å². The van der Waals surface area contributed by atoms with Crippen LogP contribution in [0.5, 0.6) is 0 Å². The van der Waals surface area contributed by atoms with Gasteiger partial charge in [0, 0.05) is 11.6 Å². The fourth-order valence-corrected chi connectivity index (χ4v) is 4.86. The Morgan fingerprint density at radius 3 is 2.82 bits per heavy atom. The number of urea groups is 1. The third kappa shape index (κ3) is 5.59. The van der Waals surface area contributed by atoms with Crippen molar-refractivity contribution in [2.24, 2.45) is 5.92 Å². The number of carboxylic acid groups (broad SMARTS) is 1. The summed E-state index contributed by atoms with van der Waals surface area (Å²) in [4.78, 5) is 29.1. The Bertz CT molecular complexity index is 858. The summed E-state index contributed by atoms with van der Waals surface area (Å²) in [6.45, 7) is 0.413. The summed E-state index contributed by atoms with van der Waals surface area (Å²) in [6.07, 6.45) is 5.75. The maximum atomic E-state index is 14.5. The fourth-order valence-electron chi connectivity index (χ4n) is 3.12. The van der Waals surface area contributed by atoms with Gasteiger partial charge in [0.25, 0.3) is 0 Å². The van der Waals surface area contributed by atoms with E-state index in [0.717, 1.165) is 37.4 Å². The predicted molar refractivity (Wildman–Crippen MR) is 110 cm³/mol. The number of hydrogen-bond donors (Lipinski definition) is 2. The van der Waals surface area contributed by atoms with Gasteiger partial charge in [-0.05, 0) is 37.0 Å². The highest BCUT2D eigenvalue weighted by atomic mass is 35.5. The smallest absolute Gasteiger partial charge is 0.328 e. The van der Waals surface area contributed by atoms with Crippen LogP contribution in [0.3, 0.4) is 0 Å². The first kappa shape index (κ1) is 20.9. The first-order valence-corrected chi connectivity index (χ1v) is 10.9. The number of nitrogens with zero attached hydrogens (tertiary/aromatic N) is 2. The molecular formula is C18H19ClFN3O3S2. The topological polar surface area (TPSA) is 82.5 Å². The number of anilines is 2. The van der Waals surface area contributed by atoms with E-state index >= 15 is 0 Å². The number of thiazole rings is 1. The Kier molecular flexibility index (Phi) is 7.14. The number of carbonyl (C=O) groups excluding carboxylic acids is 1. The van der Waals surface area contributed by atoms with Crippen LogP contribution in [0.15, 0.2) is 28.6 Å². The van der Waals surface area contributed by atoms with E-state index in [0.29, 0.717) is 21.8 Å². The van der Waals surface area contributed by atoms with Crippen molar-refractivity contribution in [3.05, 3.63) is 35.2 Å². The van der Waals surface area contributed by atoms with Crippen molar-refractivity contribution in [1.29, 1.82) is 0 Å². The second-order valence-corrected chi connectivity index (χ2v) is 9.20. The number of aliphatic carboxylic acids is 1. The van der Waals surface area contributed by atoms with E-state index in [1.54, 1.807) is 6.07 Å². The van der Waals surface area contributed by atoms with E-state index in [4.69, 9.17) is 16.7 Å². The molecule has 10 heteroatoms. The van der Waals surface area contributed by atoms with Crippen molar-refractivity contribution < 1.29 is 19.1 Å². The number of amides is 2. The second kappa shape index (κ2) is 9.58. The first-order chi connectivity index (χ1) is 13.4. The molecule has 1 aliphatic carbocycles. The van der Waals surface area contributed by atoms with E-state index in [1.165, 1.54) is 34.6 Å². The lowest BCUT2D eigenvalue weighted by atomic mass is 10.1. The van der Waals surface area contributed by atoms with Crippen molar-refractivity contribution in [3.8, 4) is 0 Å². The highest BCUT2D eigenvalue weighted by Gasteiger charge is 2.26. The number of thioether (sulfide) groups is 1. The lowest BCUT2D eigenvalue weighted by Crippen LogP contribution is -2.38. The molecule has 1 aliphatic rings. The summed E-state index contributed by atoms with van der Waals surface area (Å²) in [5.41, 5.74) is 0.172. The Morgan fingerprint density at radius 2 is 2.14 bits per heavy atom. The third-order valence-electron chi connectivity index (χ3n) is 4.40. The monoisotopic (exact) mass is 443 g/mol. The van der Waals surface area contributed by atoms with E-state index in [-0.39, 0.29) is 16.5 Å². The molecule has 0 radical (unpaired) electrons. The maximum Gasteiger partial charge on any atom is 0.328 e. The van der Waals surface area contributed by atoms with Gasteiger partial charge in [0.05, 0.1) is 21.8 Å². The van der Waals surface area contributed by atoms with Gasteiger partial charge in [-0.3, -0.25) is 15.0 Å². The predicted octanol–water partition coefficient (Wildman–Crippen LogP) is 5.34. The molecule has 1 aromatic heterocycles. The average Bonchev–Trinajstić information content (AvgIpc) is 3.30. The number of rotatable bonds is 7. The minimum absolute atomic E-state index is 0.0840. The Labute approximate surface area is 175 Å². The molecular weight excluding hydrogens is 425 g/mol. The quantitative estimate of drug-likeness (QED) is 0.564. The summed E-state index contributed by atoms with van der Waals surface area (Å²) < 4.78 is 15.2. The van der Waals surface area contributed by atoms with Crippen LogP contribution in [-0.2, 0) is 4.79 Å². The van der Waals surface area contributed by atoms with Crippen LogP contribution >= 0.6 is 34.7 Å². The molecule has 1 heterocycles. The Morgan fingerprint density at radius 1 is 1.39 bits per heavy atom. The molecule has 6 nitrogen and oxygen atoms in total. The number of carboxylic acids is 1. The molecule has 0 unspecified atom stereocenters. The van der Waals surface area contributed by atoms with Crippen molar-refractivity contribution in [1.82, 2.24) is 4.98 Å². The molecule has 0 atom stereocenters. The van der Waals surface area contributed by atoms with E-state index in [1.807, 2.05) is 0 Å². The highest BCUT2D eigenvalue weighted by molar-refractivity contribution is 8.01. The van der Waals surface area contributed by atoms with E-state index < -0.39 is 17.8 Å². The normalized spacial score (nSPS) is 14.2. The van der Waals surface area contributed by atoms with Gasteiger partial charge in [0.1, 0.15) is 5.82 Å². The number of aromatic nitrogens is 1. The largest absolute Gasteiger partial charge is 0.481 e. The zero-order valence-electron chi connectivity index (χ0n) is 14.9. The molecule has 0 bridgehead atoms. The van der Waals surface area contributed by atoms with Gasteiger partial charge in [-0.1, -0.05) is 35.8 Å². The molecule has 3 rings (SSSR count). The van der Waals surface area contributed by atoms with Gasteiger partial charge in [-0.2, -0.15) is 0 Å². The summed E-state index contributed by atoms with van der Waals surface area (Å²) in [6, 6.07) is 3.77. The molecule has 0 saturated heterocycles. The SMILES string of the molecule is O=C(O)CSc1cnc(NC(=O)N(CC2CCCC2)c2ccc(Cl)cc2F)s1. The Hall–Kier alpha value is -1.84. The van der Waals surface area contributed by atoms with Gasteiger partial charge in [0.2, 0.25) is 0 Å². The zero-order chi connectivity index (χ0) is 20.1. The van der Waals surface area contributed by atoms with Crippen molar-refractivity contribution in [2.45, 2.75) is 29.9 Å². The van der Waals surface area contributed by atoms with Gasteiger partial charge in [0.15, 0.2) is 5.13 Å². The first-order valence-electron chi connectivity index (χ1n) is 8.76. The fraction of sp³-hybridized carbons (Fsp3) is 0.389. The molecule has 1 saturated carbocycles. The van der Waals surface area contributed by atoms with Crippen LogP contribution in [0.4, 0.5) is 20.0 Å². The minimum Gasteiger partial charge on any atom is -0.481 e. The van der Waals surface area contributed by atoms with Crippen molar-refractivity contribution >= 4 is 57.5 Å². The lowest BCUT2D eigenvalue weighted by molar-refractivity contribution is -0.133. The molecule has 0 spiro atoms. The number of halogens is 2. The summed E-state index contributed by atoms with van der Waals surface area (Å²) >= 11 is 8.15. The van der Waals surface area contributed by atoms with E-state index in [2.05, 4.69) is 10.3 Å². The molecule has 2 aromatic rings. The molecule has 2 N–H and O–H groups in total. The molecule has 150 valence electrons. The van der Waals surface area contributed by atoms with Gasteiger partial charge < -0.3 is 5.11 Å². The minimum atomic E-state index is -0.926. The Balaban J connectivity index is 1.75. The molecule has 2 amide bonds. The average molecular weight is 444 g/mol. The highest BCUT2D eigenvalue weighted by Crippen LogP contribution is 2.31. The summed E-state index contributed by atoms with van der Waals surface area (Å²) in [5.74, 6) is -1.25. The second-order valence-electron chi connectivity index (χ2n) is 6.45. The van der Waals surface area contributed by atoms with E-state index in [9.17, 15) is 14.0 Å². The van der Waals surface area contributed by atoms with Crippen LogP contribution < -0.4 is 10.2 Å². The molecule has 1 aromatic carbocycles. The van der Waals surface area contributed by atoms with Gasteiger partial charge in [-0.25, -0.2) is 14.2 Å². The van der Waals surface area contributed by atoms with Crippen molar-refractivity contribution in [2.75, 3.05) is 22.5 Å². The molecule has 0 aliphatic heterocycles. The molecule has 1 fully saturated rings. The van der Waals surface area contributed by atoms with Crippen LogP contribution in [0, 0.1) is 11.7 Å². The lowest BCUT2D eigenvalue weighted by Gasteiger charge is -2.26. The molecule has 28 heavy (non-hydrogen) atoms. The van der Waals surface area contributed by atoms with Crippen LogP contribution in [0.1, 0.15) is 25.7 Å². The van der Waals surface area contributed by atoms with Gasteiger partial charge >= 0.3 is 12.0 Å².